The first-order chi connectivity index (χ1) is 61.7. The molecule has 628 valence electrons. The van der Waals surface area contributed by atoms with Crippen LogP contribution in [-0.4, -0.2) is 109 Å². The van der Waals surface area contributed by atoms with Crippen molar-refractivity contribution in [2.24, 2.45) is 0 Å². The maximum atomic E-state index is 16.7. The van der Waals surface area contributed by atoms with Gasteiger partial charge >= 0.3 is 0 Å². The van der Waals surface area contributed by atoms with Crippen LogP contribution < -0.4 is 48.5 Å². The van der Waals surface area contributed by atoms with Gasteiger partial charge in [0.05, 0.1) is 85.6 Å². The number of amides is 6. The van der Waals surface area contributed by atoms with Gasteiger partial charge in [0, 0.05) is 81.9 Å². The molecule has 6 unspecified atom stereocenters. The standard InChI is InChI=1S/C102H80N4O20/c1-3-37-103-97(107)95(81-19-9-39-113-81)105-99(109)77-49-83(123-65-29-21-61(22-30-65)119-69-15-5-11-57(41-69)45-73-53-115-73)89-91-85(125-67-33-25-63(26-34-67)121-71-17-7-13-59(43-71)47-75-55-117-75)51-79-88-80(102(112)106(101(79)111)96(82-20-10-40-114-82)98(108)104-38-4-2)52-86(126-68-35-27-64(28-36-68)122-72-18-8-14-60(44-72)48-76-56-118-76)92(94(88)91)90-84(50-78(100(105)110)87(77)93(89)90)124-66-31-23-62(24-32-66)120-70-16-6-12-58(42-70)46-74-54-116-74/h5-36,39-44,49-52,73-76,95-96H,3-4,37-38,45-48,53-56H2,1-2H3,(H,103,107)(H,104,108). The molecular weight excluding hydrogens is 1600 g/mol. The average Bonchev–Trinajstić information content (AvgIpc) is 1.41. The summed E-state index contributed by atoms with van der Waals surface area (Å²) in [5.74, 6) is -0.206. The molecule has 4 fully saturated rings. The van der Waals surface area contributed by atoms with Crippen LogP contribution in [0.2, 0.25) is 0 Å². The summed E-state index contributed by atoms with van der Waals surface area (Å²) in [6.45, 7) is 6.87. The van der Waals surface area contributed by atoms with Gasteiger partial charge < -0.3 is 76.3 Å². The summed E-state index contributed by atoms with van der Waals surface area (Å²) in [7, 11) is 0. The third-order valence-electron chi connectivity index (χ3n) is 22.9. The summed E-state index contributed by atoms with van der Waals surface area (Å²) < 4.78 is 90.0. The molecule has 2 N–H and O–H groups in total. The minimum Gasteiger partial charge on any atom is -0.467 e. The second-order valence-electron chi connectivity index (χ2n) is 32.0. The van der Waals surface area contributed by atoms with Crippen LogP contribution in [0.4, 0.5) is 0 Å². The number of furan rings is 2. The number of imide groups is 2. The van der Waals surface area contributed by atoms with Crippen molar-refractivity contribution in [1.29, 1.82) is 0 Å². The van der Waals surface area contributed by atoms with E-state index in [1.165, 1.54) is 48.9 Å². The highest BCUT2D eigenvalue weighted by Gasteiger charge is 2.48. The molecule has 0 saturated carbocycles. The zero-order valence-corrected chi connectivity index (χ0v) is 68.3. The molecule has 0 bridgehead atoms. The minimum absolute atomic E-state index is 0.0115. The quantitative estimate of drug-likeness (QED) is 0.0164. The van der Waals surface area contributed by atoms with Gasteiger partial charge in [0.2, 0.25) is 0 Å². The minimum atomic E-state index is -1.67. The number of fused-ring (bicyclic) bond motifs is 2. The van der Waals surface area contributed by atoms with Crippen molar-refractivity contribution in [3.05, 3.63) is 311 Å². The van der Waals surface area contributed by atoms with Crippen molar-refractivity contribution in [3.8, 4) is 92.0 Å². The van der Waals surface area contributed by atoms with E-state index in [0.717, 1.165) is 57.7 Å². The lowest BCUT2D eigenvalue weighted by Gasteiger charge is -2.35. The maximum absolute atomic E-state index is 16.7. The summed E-state index contributed by atoms with van der Waals surface area (Å²) >= 11 is 0. The largest absolute Gasteiger partial charge is 0.467 e. The molecular formula is C102H80N4O20. The molecule has 6 amide bonds. The van der Waals surface area contributed by atoms with Crippen LogP contribution in [0.3, 0.4) is 0 Å². The van der Waals surface area contributed by atoms with Crippen LogP contribution in [0, 0.1) is 0 Å². The molecule has 6 aliphatic rings. The van der Waals surface area contributed by atoms with E-state index in [1.807, 2.05) is 111 Å². The molecule has 2 aromatic heterocycles. The zero-order chi connectivity index (χ0) is 85.2. The molecule has 4 saturated heterocycles. The number of hydrogen-bond donors (Lipinski definition) is 2. The van der Waals surface area contributed by atoms with Crippen molar-refractivity contribution in [3.63, 3.8) is 0 Å². The summed E-state index contributed by atoms with van der Waals surface area (Å²) in [6, 6.07) is 67.5. The number of benzene rings is 13. The predicted octanol–water partition coefficient (Wildman–Crippen LogP) is 20.8. The lowest BCUT2D eigenvalue weighted by atomic mass is 9.80. The molecule has 6 aliphatic heterocycles. The van der Waals surface area contributed by atoms with Crippen molar-refractivity contribution >= 4 is 78.5 Å². The zero-order valence-electron chi connectivity index (χ0n) is 68.3. The molecule has 126 heavy (non-hydrogen) atoms. The number of nitrogens with zero attached hydrogens (tertiary/aromatic N) is 2. The highest BCUT2D eigenvalue weighted by atomic mass is 16.6. The Hall–Kier alpha value is -14.8. The first-order valence-electron chi connectivity index (χ1n) is 42.1. The molecule has 24 nitrogen and oxygen atoms in total. The van der Waals surface area contributed by atoms with E-state index in [0.29, 0.717) is 85.3 Å². The third-order valence-corrected chi connectivity index (χ3v) is 22.9. The van der Waals surface area contributed by atoms with E-state index in [9.17, 15) is 0 Å². The molecule has 13 aromatic carbocycles. The predicted molar refractivity (Wildman–Crippen MR) is 464 cm³/mol. The molecule has 6 atom stereocenters. The van der Waals surface area contributed by atoms with E-state index >= 15 is 28.8 Å². The van der Waals surface area contributed by atoms with Gasteiger partial charge in [-0.15, -0.1) is 0 Å². The Balaban J connectivity index is 0.825. The molecule has 0 spiro atoms. The Labute approximate surface area is 721 Å². The van der Waals surface area contributed by atoms with Crippen LogP contribution in [0.1, 0.15) is 114 Å². The summed E-state index contributed by atoms with van der Waals surface area (Å²) in [5, 5.41) is 7.01. The van der Waals surface area contributed by atoms with Gasteiger partial charge in [-0.1, -0.05) is 62.4 Å². The Kier molecular flexibility index (Phi) is 20.6. The fourth-order valence-electron chi connectivity index (χ4n) is 16.8. The van der Waals surface area contributed by atoms with Crippen molar-refractivity contribution in [2.45, 2.75) is 88.9 Å². The Bertz CT molecular complexity index is 6020. The topological polar surface area (TPSA) is 283 Å². The molecule has 15 aromatic rings. The summed E-state index contributed by atoms with van der Waals surface area (Å²) in [6.07, 6.45) is 7.18. The second kappa shape index (κ2) is 33.1. The molecule has 8 heterocycles. The molecule has 0 aliphatic carbocycles. The fraction of sp³-hybridized carbons (Fsp3) is 0.196. The SMILES string of the molecule is CCCNC(=O)C(c1ccco1)N1C(=O)c2cc(Oc3ccc(Oc4cccc(CC5CO5)c4)cc3)c3c4c(Oc5ccc(Oc6cccc(CC7CO7)c6)cc5)cc5c6c(cc(Oc7ccc(Oc8cccc(CC9CO9)c8)cc7)c(c7c(Oc8ccc(Oc9cccc(CC%10CO%10)c9)cc8)cc(c2c37)C1=O)c64)C(=O)N(C(C(=O)NCCC)c1ccco1)C5=O. The number of nitrogens with one attached hydrogen (secondary N) is 2. The number of hydrogen-bond acceptors (Lipinski definition) is 20. The second-order valence-corrected chi connectivity index (χ2v) is 32.0. The number of rotatable bonds is 34. The van der Waals surface area contributed by atoms with Gasteiger partial charge in [0.15, 0.2) is 12.1 Å². The lowest BCUT2D eigenvalue weighted by molar-refractivity contribution is -0.126. The van der Waals surface area contributed by atoms with E-state index in [1.54, 1.807) is 109 Å². The van der Waals surface area contributed by atoms with Crippen LogP contribution >= 0.6 is 0 Å². The third kappa shape index (κ3) is 15.9. The van der Waals surface area contributed by atoms with Gasteiger partial charge in [0.1, 0.15) is 104 Å². The summed E-state index contributed by atoms with van der Waals surface area (Å²) in [5.41, 5.74) is 3.73. The van der Waals surface area contributed by atoms with Gasteiger partial charge in [-0.3, -0.25) is 38.6 Å². The Morgan fingerprint density at radius 3 is 0.778 bits per heavy atom. The molecule has 24 heteroatoms. The van der Waals surface area contributed by atoms with Crippen molar-refractivity contribution in [2.75, 3.05) is 39.5 Å². The van der Waals surface area contributed by atoms with Gasteiger partial charge in [-0.2, -0.15) is 0 Å². The fourth-order valence-corrected chi connectivity index (χ4v) is 16.8. The monoisotopic (exact) mass is 1680 g/mol. The molecule has 21 rings (SSSR count). The van der Waals surface area contributed by atoms with Crippen LogP contribution in [-0.2, 0) is 54.2 Å². The normalized spacial score (nSPS) is 17.0. The van der Waals surface area contributed by atoms with Crippen molar-refractivity contribution in [1.82, 2.24) is 20.4 Å². The van der Waals surface area contributed by atoms with Gasteiger partial charge in [-0.25, -0.2) is 0 Å². The highest BCUT2D eigenvalue weighted by Crippen LogP contribution is 2.59. The number of epoxide rings is 4. The van der Waals surface area contributed by atoms with Gasteiger partial charge in [-0.05, 0) is 229 Å². The van der Waals surface area contributed by atoms with E-state index < -0.39 is 47.5 Å². The molecule has 0 radical (unpaired) electrons. The van der Waals surface area contributed by atoms with Crippen LogP contribution in [0.25, 0.3) is 43.1 Å². The Morgan fingerprint density at radius 2 is 0.556 bits per heavy atom. The summed E-state index contributed by atoms with van der Waals surface area (Å²) in [4.78, 5) is 98.6. The Morgan fingerprint density at radius 1 is 0.310 bits per heavy atom. The van der Waals surface area contributed by atoms with E-state index in [-0.39, 0.29) is 160 Å². The van der Waals surface area contributed by atoms with Crippen LogP contribution in [0.15, 0.2) is 264 Å². The first-order valence-corrected chi connectivity index (χ1v) is 42.1. The highest BCUT2D eigenvalue weighted by molar-refractivity contribution is 6.45. The average molecular weight is 1680 g/mol. The number of carbonyl (C=O) groups is 6. The van der Waals surface area contributed by atoms with Crippen molar-refractivity contribution < 1.29 is 94.4 Å². The number of carbonyl (C=O) groups excluding carboxylic acids is 6. The lowest BCUT2D eigenvalue weighted by Crippen LogP contribution is -2.48. The smallest absolute Gasteiger partial charge is 0.262 e. The first kappa shape index (κ1) is 78.4. The maximum Gasteiger partial charge on any atom is 0.262 e. The van der Waals surface area contributed by atoms with Gasteiger partial charge in [0.25, 0.3) is 35.4 Å². The van der Waals surface area contributed by atoms with Crippen LogP contribution in [0.5, 0.6) is 92.0 Å². The number of ether oxygens (including phenoxy) is 12. The van der Waals surface area contributed by atoms with E-state index in [4.69, 9.17) is 65.7 Å². The van der Waals surface area contributed by atoms with E-state index in [2.05, 4.69) is 10.6 Å².